The van der Waals surface area contributed by atoms with Gasteiger partial charge in [0.25, 0.3) is 0 Å². The van der Waals surface area contributed by atoms with Gasteiger partial charge in [0, 0.05) is 18.8 Å². The summed E-state index contributed by atoms with van der Waals surface area (Å²) in [6.07, 6.45) is 0.693. The van der Waals surface area contributed by atoms with E-state index < -0.39 is 8.56 Å². The minimum absolute atomic E-state index is 0.341. The fourth-order valence-corrected chi connectivity index (χ4v) is 6.23. The van der Waals surface area contributed by atoms with E-state index in [9.17, 15) is 4.79 Å². The van der Waals surface area contributed by atoms with Crippen molar-refractivity contribution in [1.82, 2.24) is 0 Å². The van der Waals surface area contributed by atoms with Gasteiger partial charge < -0.3 is 13.6 Å². The van der Waals surface area contributed by atoms with E-state index in [2.05, 4.69) is 36.9 Å². The number of esters is 1. The Hall–Kier alpha value is -1.95. The number of hydrogen-bond acceptors (Lipinski definition) is 4. The molecular weight excluding hydrogens is 344 g/mol. The summed E-state index contributed by atoms with van der Waals surface area (Å²) in [6, 6.07) is 15.4. The zero-order valence-corrected chi connectivity index (χ0v) is 16.9. The van der Waals surface area contributed by atoms with Crippen molar-refractivity contribution in [3.63, 3.8) is 0 Å². The van der Waals surface area contributed by atoms with E-state index in [1.54, 1.807) is 6.92 Å². The Bertz CT molecular complexity index is 751. The molecule has 140 valence electrons. The molecule has 26 heavy (non-hydrogen) atoms. The van der Waals surface area contributed by atoms with Crippen LogP contribution in [0.4, 0.5) is 0 Å². The molecule has 0 aliphatic rings. The number of benzene rings is 2. The van der Waals surface area contributed by atoms with Crippen LogP contribution < -0.4 is 5.19 Å². The molecule has 0 radical (unpaired) electrons. The molecule has 0 saturated heterocycles. The molecule has 2 rings (SSSR count). The van der Waals surface area contributed by atoms with Gasteiger partial charge in [0.15, 0.2) is 0 Å². The lowest BCUT2D eigenvalue weighted by Crippen LogP contribution is -2.54. The van der Waals surface area contributed by atoms with Crippen LogP contribution in [0.5, 0.6) is 0 Å². The molecule has 5 heteroatoms. The number of fused-ring (bicyclic) bond motifs is 1. The second kappa shape index (κ2) is 9.66. The zero-order valence-electron chi connectivity index (χ0n) is 15.9. The highest BCUT2D eigenvalue weighted by molar-refractivity contribution is 6.81. The van der Waals surface area contributed by atoms with Gasteiger partial charge in [-0.2, -0.15) is 0 Å². The van der Waals surface area contributed by atoms with Gasteiger partial charge in [0.2, 0.25) is 0 Å². The second-order valence-electron chi connectivity index (χ2n) is 6.20. The van der Waals surface area contributed by atoms with Crippen molar-refractivity contribution >= 4 is 30.5 Å². The number of rotatable bonds is 10. The van der Waals surface area contributed by atoms with Crippen LogP contribution in [0.2, 0.25) is 6.04 Å². The summed E-state index contributed by atoms with van der Waals surface area (Å²) in [6.45, 7) is 10.7. The Balaban J connectivity index is 2.21. The molecule has 0 bridgehead atoms. The summed E-state index contributed by atoms with van der Waals surface area (Å²) < 4.78 is 17.7. The van der Waals surface area contributed by atoms with E-state index in [1.807, 2.05) is 26.0 Å². The molecule has 2 aromatic rings. The van der Waals surface area contributed by atoms with Gasteiger partial charge in [-0.25, -0.2) is 4.79 Å². The molecule has 0 aromatic heterocycles. The van der Waals surface area contributed by atoms with Crippen LogP contribution in [0.3, 0.4) is 0 Å². The van der Waals surface area contributed by atoms with Crippen molar-refractivity contribution in [3.8, 4) is 0 Å². The third-order valence-corrected chi connectivity index (χ3v) is 7.89. The van der Waals surface area contributed by atoms with Gasteiger partial charge in [-0.3, -0.25) is 0 Å². The third-order valence-electron chi connectivity index (χ3n) is 4.18. The molecule has 0 unspecified atom stereocenters. The van der Waals surface area contributed by atoms with Crippen LogP contribution in [0, 0.1) is 0 Å². The van der Waals surface area contributed by atoms with Gasteiger partial charge >= 0.3 is 14.5 Å². The predicted molar refractivity (Wildman–Crippen MR) is 108 cm³/mol. The van der Waals surface area contributed by atoms with Crippen LogP contribution in [-0.4, -0.2) is 34.4 Å². The van der Waals surface area contributed by atoms with Crippen LogP contribution >= 0.6 is 0 Å². The molecule has 0 atom stereocenters. The highest BCUT2D eigenvalue weighted by atomic mass is 28.4. The Kier molecular flexibility index (Phi) is 7.57. The fourth-order valence-electron chi connectivity index (χ4n) is 2.98. The first-order valence-corrected chi connectivity index (χ1v) is 11.1. The Labute approximate surface area is 157 Å². The molecule has 4 nitrogen and oxygen atoms in total. The first kappa shape index (κ1) is 20.4. The van der Waals surface area contributed by atoms with Crippen LogP contribution in [0.25, 0.3) is 10.8 Å². The van der Waals surface area contributed by atoms with Gasteiger partial charge in [-0.15, -0.1) is 0 Å². The van der Waals surface area contributed by atoms with Gasteiger partial charge in [-0.05, 0) is 49.2 Å². The van der Waals surface area contributed by atoms with Gasteiger partial charge in [-0.1, -0.05) is 49.0 Å². The maximum Gasteiger partial charge on any atom is 0.372 e. The van der Waals surface area contributed by atoms with Crippen molar-refractivity contribution in [2.75, 3.05) is 19.8 Å². The Morgan fingerprint density at radius 3 is 2.31 bits per heavy atom. The largest absolute Gasteiger partial charge is 0.462 e. The van der Waals surface area contributed by atoms with E-state index >= 15 is 0 Å². The minimum Gasteiger partial charge on any atom is -0.462 e. The molecule has 0 aliphatic carbocycles. The minimum atomic E-state index is -2.60. The van der Waals surface area contributed by atoms with E-state index in [-0.39, 0.29) is 5.97 Å². The molecular formula is C21H28O4Si. The molecule has 0 saturated carbocycles. The SMILES string of the molecule is C=C(C)C(=O)OCCC[Si](OCC)(OCC)c1ccc2ccccc2c1. The lowest BCUT2D eigenvalue weighted by Gasteiger charge is -2.30. The van der Waals surface area contributed by atoms with E-state index in [4.69, 9.17) is 13.6 Å². The lowest BCUT2D eigenvalue weighted by atomic mass is 10.1. The van der Waals surface area contributed by atoms with Gasteiger partial charge in [0.05, 0.1) is 6.61 Å². The normalized spacial score (nSPS) is 11.5. The molecule has 0 spiro atoms. The predicted octanol–water partition coefficient (Wildman–Crippen LogP) is 4.07. The van der Waals surface area contributed by atoms with E-state index in [0.717, 1.165) is 11.2 Å². The van der Waals surface area contributed by atoms with Gasteiger partial charge in [0.1, 0.15) is 0 Å². The van der Waals surface area contributed by atoms with E-state index in [0.29, 0.717) is 31.8 Å². The molecule has 0 amide bonds. The molecule has 0 aliphatic heterocycles. The summed E-state index contributed by atoms with van der Waals surface area (Å²) in [5, 5.41) is 3.49. The molecule has 0 N–H and O–H groups in total. The van der Waals surface area contributed by atoms with Crippen molar-refractivity contribution in [1.29, 1.82) is 0 Å². The van der Waals surface area contributed by atoms with Crippen molar-refractivity contribution < 1.29 is 18.4 Å². The monoisotopic (exact) mass is 372 g/mol. The first-order valence-electron chi connectivity index (χ1n) is 9.12. The summed E-state index contributed by atoms with van der Waals surface area (Å²) in [4.78, 5) is 11.6. The van der Waals surface area contributed by atoms with Crippen molar-refractivity contribution in [2.24, 2.45) is 0 Å². The maximum absolute atomic E-state index is 11.6. The summed E-state index contributed by atoms with van der Waals surface area (Å²) in [7, 11) is -2.60. The Morgan fingerprint density at radius 1 is 1.04 bits per heavy atom. The number of carbonyl (C=O) groups is 1. The number of hydrogen-bond donors (Lipinski definition) is 0. The zero-order chi connectivity index (χ0) is 19.0. The quantitative estimate of drug-likeness (QED) is 0.273. The summed E-state index contributed by atoms with van der Waals surface area (Å²) >= 11 is 0. The summed E-state index contributed by atoms with van der Waals surface area (Å²) in [5.41, 5.74) is 0.414. The highest BCUT2D eigenvalue weighted by Gasteiger charge is 2.39. The topological polar surface area (TPSA) is 44.8 Å². The average molecular weight is 373 g/mol. The maximum atomic E-state index is 11.6. The van der Waals surface area contributed by atoms with Crippen LogP contribution in [0.15, 0.2) is 54.6 Å². The van der Waals surface area contributed by atoms with Crippen molar-refractivity contribution in [2.45, 2.75) is 33.2 Å². The summed E-state index contributed by atoms with van der Waals surface area (Å²) in [5.74, 6) is -0.351. The van der Waals surface area contributed by atoms with Crippen LogP contribution in [0.1, 0.15) is 27.2 Å². The number of ether oxygens (including phenoxy) is 1. The van der Waals surface area contributed by atoms with E-state index in [1.165, 1.54) is 10.8 Å². The van der Waals surface area contributed by atoms with Crippen molar-refractivity contribution in [3.05, 3.63) is 54.6 Å². The second-order valence-corrected chi connectivity index (χ2v) is 9.36. The Morgan fingerprint density at radius 2 is 1.69 bits per heavy atom. The molecule has 2 aromatic carbocycles. The number of carbonyl (C=O) groups excluding carboxylic acids is 1. The standard InChI is InChI=1S/C21H28O4Si/c1-5-24-26(25-6-2,15-9-14-23-21(22)17(3)4)20-13-12-18-10-7-8-11-19(18)16-20/h7-8,10-13,16H,3,5-6,9,14-15H2,1-2,4H3. The molecule has 0 fully saturated rings. The highest BCUT2D eigenvalue weighted by Crippen LogP contribution is 2.20. The fraction of sp³-hybridized carbons (Fsp3) is 0.381. The lowest BCUT2D eigenvalue weighted by molar-refractivity contribution is -0.138. The molecule has 0 heterocycles. The smallest absolute Gasteiger partial charge is 0.372 e. The first-order chi connectivity index (χ1) is 12.5. The van der Waals surface area contributed by atoms with Crippen LogP contribution in [-0.2, 0) is 18.4 Å². The third kappa shape index (κ3) is 5.03. The average Bonchev–Trinajstić information content (AvgIpc) is 2.64.